The Morgan fingerprint density at radius 3 is 0.772 bits per heavy atom. The molecule has 506 valence electrons. The normalized spacial score (nSPS) is 29.7. The zero-order chi connectivity index (χ0) is 64.3. The molecule has 7 aliphatic heterocycles. The number of rotatable bonds is 21. The third-order valence-corrected chi connectivity index (χ3v) is 19.8. The molecule has 0 amide bonds. The molecule has 13 fully saturated rings. The van der Waals surface area contributed by atoms with Crippen molar-refractivity contribution in [3.05, 3.63) is 151 Å². The molecule has 0 radical (unpaired) electrons. The molecule has 6 aliphatic carbocycles. The number of hydrogen-bond donors (Lipinski definition) is 0. The van der Waals surface area contributed by atoms with Gasteiger partial charge in [-0.1, -0.05) is 147 Å². The van der Waals surface area contributed by atoms with Crippen molar-refractivity contribution in [2.75, 3.05) is 102 Å². The highest BCUT2D eigenvalue weighted by atomic mass is 16.6. The Labute approximate surface area is 555 Å². The SMILES string of the molecule is C1CC2C3CCC(C3)C2C1.C1CC2C3CCC(C3)C2C1.CC.CC.CC.CC.c1cc(N(CC2CO2)CC2CO2)ccc1Cc1ccc(N(CC2CO2)CC2CO2)cc1.c1ccc(OCC2CO2)cc1.c1ccc(OCC2CO2)cc1.c1ccc(OCC2CO2)cc1. The first-order valence-electron chi connectivity index (χ1n) is 36.6. The van der Waals surface area contributed by atoms with E-state index >= 15 is 0 Å². The van der Waals surface area contributed by atoms with Gasteiger partial charge in [-0.25, -0.2) is 0 Å². The van der Waals surface area contributed by atoms with Crippen molar-refractivity contribution in [3.8, 4) is 17.2 Å². The van der Waals surface area contributed by atoms with E-state index in [2.05, 4.69) is 58.3 Å². The van der Waals surface area contributed by atoms with Crippen LogP contribution in [0.5, 0.6) is 17.2 Å². The molecule has 6 saturated carbocycles. The average molecular weight is 1270 g/mol. The van der Waals surface area contributed by atoms with Crippen molar-refractivity contribution in [2.24, 2.45) is 47.3 Å². The quantitative estimate of drug-likeness (QED) is 0.0650. The fourth-order valence-corrected chi connectivity index (χ4v) is 14.8. The summed E-state index contributed by atoms with van der Waals surface area (Å²) in [5.74, 6) is 12.4. The first kappa shape index (κ1) is 71.1. The van der Waals surface area contributed by atoms with Gasteiger partial charge in [0.1, 0.15) is 55.4 Å². The second kappa shape index (κ2) is 38.4. The molecule has 13 aliphatic rings. The third-order valence-electron chi connectivity index (χ3n) is 19.8. The summed E-state index contributed by atoms with van der Waals surface area (Å²) in [6, 6.07) is 47.3. The van der Waals surface area contributed by atoms with Crippen molar-refractivity contribution in [1.82, 2.24) is 0 Å². The van der Waals surface area contributed by atoms with Gasteiger partial charge in [-0.3, -0.25) is 0 Å². The van der Waals surface area contributed by atoms with E-state index in [0.717, 1.165) is 96.1 Å². The predicted octanol–water partition coefficient (Wildman–Crippen LogP) is 16.6. The van der Waals surface area contributed by atoms with Crippen molar-refractivity contribution >= 4 is 11.4 Å². The first-order chi connectivity index (χ1) is 45.5. The highest BCUT2D eigenvalue weighted by Crippen LogP contribution is 2.59. The lowest BCUT2D eigenvalue weighted by atomic mass is 9.82. The van der Waals surface area contributed by atoms with E-state index in [0.29, 0.717) is 62.5 Å². The molecule has 5 aromatic rings. The second-order valence-corrected chi connectivity index (χ2v) is 26.1. The Kier molecular flexibility index (Phi) is 29.7. The van der Waals surface area contributed by atoms with Crippen LogP contribution in [0, 0.1) is 47.3 Å². The Bertz CT molecular complexity index is 2420. The van der Waals surface area contributed by atoms with Crippen LogP contribution in [0.4, 0.5) is 11.4 Å². The molecule has 4 bridgehead atoms. The molecule has 7 saturated heterocycles. The summed E-state index contributed by atoms with van der Waals surface area (Å²) in [6.45, 7) is 28.0. The summed E-state index contributed by atoms with van der Waals surface area (Å²) in [5.41, 5.74) is 5.17. The summed E-state index contributed by atoms with van der Waals surface area (Å²) >= 11 is 0. The van der Waals surface area contributed by atoms with Gasteiger partial charge < -0.3 is 57.2 Å². The third kappa shape index (κ3) is 24.2. The standard InChI is InChI=1S/C25H30N2O4.2C10H16.3C9H10O2.4C2H6/c1-5-20(26(10-22-14-28-22)11-23-15-29-23)6-2-18(1)9-19-3-7-21(8-4-19)27(12-24-16-30-24)13-25-17-31-25;2*1-2-9-7-4-5-8(6-7)10(9)3-1;3*1-2-4-8(5-3-1)10-6-9-7-11-9;4*1-2/h1-8,22-25H,9-17H2;2*7-10H,1-6H2;3*1-5,9H,6-7H2;4*1-2H3. The number of fused-ring (bicyclic) bond motifs is 10. The fourth-order valence-electron chi connectivity index (χ4n) is 14.8. The van der Waals surface area contributed by atoms with Gasteiger partial charge in [0.25, 0.3) is 0 Å². The lowest BCUT2D eigenvalue weighted by Gasteiger charge is -2.24. The number of epoxide rings is 7. The van der Waals surface area contributed by atoms with Crippen molar-refractivity contribution in [3.63, 3.8) is 0 Å². The van der Waals surface area contributed by atoms with E-state index in [-0.39, 0.29) is 0 Å². The number of ether oxygens (including phenoxy) is 10. The average Bonchev–Trinajstić information content (AvgIpc) is 2.13. The number of hydrogen-bond acceptors (Lipinski definition) is 12. The van der Waals surface area contributed by atoms with Crippen LogP contribution in [0.15, 0.2) is 140 Å². The van der Waals surface area contributed by atoms with E-state index in [1.807, 2.05) is 146 Å². The zero-order valence-electron chi connectivity index (χ0n) is 57.5. The van der Waals surface area contributed by atoms with E-state index in [1.165, 1.54) is 69.8 Å². The van der Waals surface area contributed by atoms with Gasteiger partial charge in [0, 0.05) is 37.6 Å². The molecular formula is C80H116N2O10. The van der Waals surface area contributed by atoms with Gasteiger partial charge in [0.15, 0.2) is 0 Å². The molecule has 7 heterocycles. The van der Waals surface area contributed by atoms with Gasteiger partial charge in [-0.15, -0.1) is 0 Å². The lowest BCUT2D eigenvalue weighted by molar-refractivity contribution is 0.259. The Morgan fingerprint density at radius 2 is 0.543 bits per heavy atom. The number of anilines is 2. The topological polar surface area (TPSA) is 122 Å². The van der Waals surface area contributed by atoms with Crippen LogP contribution in [0.25, 0.3) is 0 Å². The number of benzene rings is 5. The van der Waals surface area contributed by atoms with E-state index in [1.54, 1.807) is 77.0 Å². The molecule has 92 heavy (non-hydrogen) atoms. The van der Waals surface area contributed by atoms with Crippen LogP contribution in [0.3, 0.4) is 0 Å². The number of nitrogens with zero attached hydrogens (tertiary/aromatic N) is 2. The molecule has 15 atom stereocenters. The Morgan fingerprint density at radius 1 is 0.304 bits per heavy atom. The van der Waals surface area contributed by atoms with E-state index < -0.39 is 0 Å². The fraction of sp³-hybridized carbons (Fsp3) is 0.625. The molecule has 15 unspecified atom stereocenters. The lowest BCUT2D eigenvalue weighted by Crippen LogP contribution is -2.31. The molecule has 12 heteroatoms. The van der Waals surface area contributed by atoms with Gasteiger partial charge in [-0.05, 0) is 190 Å². The van der Waals surface area contributed by atoms with Crippen LogP contribution < -0.4 is 24.0 Å². The maximum Gasteiger partial charge on any atom is 0.119 e. The van der Waals surface area contributed by atoms with Gasteiger partial charge >= 0.3 is 0 Å². The Balaban J connectivity index is 0.000000137. The van der Waals surface area contributed by atoms with Crippen molar-refractivity contribution < 1.29 is 47.4 Å². The minimum Gasteiger partial charge on any atom is -0.491 e. The highest BCUT2D eigenvalue weighted by Gasteiger charge is 2.50. The monoisotopic (exact) mass is 1260 g/mol. The minimum absolute atomic E-state index is 0.343. The highest BCUT2D eigenvalue weighted by molar-refractivity contribution is 5.51. The van der Waals surface area contributed by atoms with Crippen LogP contribution in [0.1, 0.15) is 144 Å². The largest absolute Gasteiger partial charge is 0.491 e. The van der Waals surface area contributed by atoms with Crippen molar-refractivity contribution in [2.45, 2.75) is 182 Å². The maximum atomic E-state index is 5.44. The van der Waals surface area contributed by atoms with Crippen molar-refractivity contribution in [1.29, 1.82) is 0 Å². The molecule has 18 rings (SSSR count). The van der Waals surface area contributed by atoms with Crippen LogP contribution in [-0.4, -0.2) is 135 Å². The molecular weight excluding hydrogens is 1150 g/mol. The summed E-state index contributed by atoms with van der Waals surface area (Å²) in [5, 5.41) is 0. The molecule has 0 N–H and O–H groups in total. The van der Waals surface area contributed by atoms with E-state index in [4.69, 9.17) is 47.4 Å². The summed E-state index contributed by atoms with van der Waals surface area (Å²) in [6.07, 6.45) is 22.6. The second-order valence-electron chi connectivity index (χ2n) is 26.1. The summed E-state index contributed by atoms with van der Waals surface area (Å²) < 4.78 is 53.0. The summed E-state index contributed by atoms with van der Waals surface area (Å²) in [7, 11) is 0. The Hall–Kier alpha value is -5.18. The summed E-state index contributed by atoms with van der Waals surface area (Å²) in [4.78, 5) is 4.80. The molecule has 0 spiro atoms. The van der Waals surface area contributed by atoms with Crippen LogP contribution in [0.2, 0.25) is 0 Å². The predicted molar refractivity (Wildman–Crippen MR) is 373 cm³/mol. The molecule has 0 aromatic heterocycles. The minimum atomic E-state index is 0.343. The number of para-hydroxylation sites is 3. The van der Waals surface area contributed by atoms with Crippen LogP contribution >= 0.6 is 0 Å². The zero-order valence-corrected chi connectivity index (χ0v) is 57.5. The van der Waals surface area contributed by atoms with Gasteiger partial charge in [0.2, 0.25) is 0 Å². The van der Waals surface area contributed by atoms with E-state index in [9.17, 15) is 0 Å². The smallest absolute Gasteiger partial charge is 0.119 e. The maximum absolute atomic E-state index is 5.44. The molecule has 5 aromatic carbocycles. The van der Waals surface area contributed by atoms with Gasteiger partial charge in [-0.2, -0.15) is 0 Å². The molecule has 12 nitrogen and oxygen atoms in total. The first-order valence-corrected chi connectivity index (χ1v) is 36.6. The van der Waals surface area contributed by atoms with Crippen LogP contribution in [-0.2, 0) is 39.6 Å². The van der Waals surface area contributed by atoms with Gasteiger partial charge in [0.05, 0.1) is 70.7 Å².